The third-order valence-electron chi connectivity index (χ3n) is 6.42. The van der Waals surface area contributed by atoms with Crippen molar-refractivity contribution in [1.29, 1.82) is 0 Å². The number of allylic oxidation sites excluding steroid dienone is 4. The summed E-state index contributed by atoms with van der Waals surface area (Å²) in [5.74, 6) is 0.0359. The summed E-state index contributed by atoms with van der Waals surface area (Å²) >= 11 is 0. The van der Waals surface area contributed by atoms with Crippen molar-refractivity contribution in [2.24, 2.45) is 0 Å². The molecule has 1 saturated heterocycles. The third-order valence-corrected chi connectivity index (χ3v) is 6.42. The number of piperazine rings is 1. The maximum absolute atomic E-state index is 12.8. The highest BCUT2D eigenvalue weighted by Crippen LogP contribution is 2.43. The Bertz CT molecular complexity index is 803. The summed E-state index contributed by atoms with van der Waals surface area (Å²) in [6, 6.07) is 10.0. The number of nitrogens with zero attached hydrogens (tertiary/aromatic N) is 3. The monoisotopic (exact) mass is 407 g/mol. The number of methoxy groups -OCH3 is 1. The fourth-order valence-electron chi connectivity index (χ4n) is 4.51. The first-order valence-corrected chi connectivity index (χ1v) is 11.0. The molecule has 0 atom stereocenters. The molecule has 0 N–H and O–H groups in total. The van der Waals surface area contributed by atoms with Crippen LogP contribution in [0.25, 0.3) is 0 Å². The Hall–Kier alpha value is -2.21. The molecule has 1 heterocycles. The maximum Gasteiger partial charge on any atom is 0.253 e. The van der Waals surface area contributed by atoms with Crippen LogP contribution in [0.1, 0.15) is 19.3 Å². The number of benzene rings is 1. The topological polar surface area (TPSA) is 36.0 Å². The van der Waals surface area contributed by atoms with E-state index in [4.69, 9.17) is 4.74 Å². The van der Waals surface area contributed by atoms with Crippen molar-refractivity contribution in [2.75, 3.05) is 57.9 Å². The van der Waals surface area contributed by atoms with Gasteiger partial charge in [-0.3, -0.25) is 14.6 Å². The second-order valence-corrected chi connectivity index (χ2v) is 8.54. The summed E-state index contributed by atoms with van der Waals surface area (Å²) in [6.45, 7) is 6.17. The molecule has 0 bridgehead atoms. The Balaban J connectivity index is 1.37. The van der Waals surface area contributed by atoms with Crippen molar-refractivity contribution in [3.8, 4) is 0 Å². The van der Waals surface area contributed by atoms with Gasteiger partial charge in [-0.05, 0) is 37.0 Å². The Morgan fingerprint density at radius 3 is 2.57 bits per heavy atom. The molecule has 5 nitrogen and oxygen atoms in total. The van der Waals surface area contributed by atoms with Gasteiger partial charge >= 0.3 is 0 Å². The fraction of sp³-hybridized carbons (Fsp3) is 0.480. The predicted octanol–water partition coefficient (Wildman–Crippen LogP) is 3.26. The Labute approximate surface area is 180 Å². The van der Waals surface area contributed by atoms with E-state index < -0.39 is 0 Å². The van der Waals surface area contributed by atoms with Crippen molar-refractivity contribution in [1.82, 2.24) is 9.80 Å². The van der Waals surface area contributed by atoms with Gasteiger partial charge in [0.2, 0.25) is 0 Å². The zero-order chi connectivity index (χ0) is 20.8. The molecule has 1 aromatic carbocycles. The highest BCUT2D eigenvalue weighted by molar-refractivity contribution is 5.94. The Morgan fingerprint density at radius 2 is 1.87 bits per heavy atom. The van der Waals surface area contributed by atoms with E-state index in [-0.39, 0.29) is 18.1 Å². The minimum Gasteiger partial charge on any atom is -0.375 e. The van der Waals surface area contributed by atoms with Crippen molar-refractivity contribution in [3.63, 3.8) is 0 Å². The van der Waals surface area contributed by atoms with Crippen LogP contribution in [-0.2, 0) is 9.53 Å². The molecule has 30 heavy (non-hydrogen) atoms. The van der Waals surface area contributed by atoms with Crippen LogP contribution in [0.5, 0.6) is 0 Å². The molecule has 0 aromatic heterocycles. The zero-order valence-electron chi connectivity index (χ0n) is 18.0. The molecule has 3 aliphatic rings. The number of rotatable bonds is 8. The number of ether oxygens (including phenoxy) is 1. The van der Waals surface area contributed by atoms with Crippen LogP contribution < -0.4 is 4.90 Å². The van der Waals surface area contributed by atoms with Crippen molar-refractivity contribution >= 4 is 11.6 Å². The Kier molecular flexibility index (Phi) is 6.82. The van der Waals surface area contributed by atoms with Crippen LogP contribution in [0.2, 0.25) is 0 Å². The molecule has 5 heteroatoms. The van der Waals surface area contributed by atoms with E-state index in [1.54, 1.807) is 7.11 Å². The first-order valence-electron chi connectivity index (χ1n) is 11.0. The van der Waals surface area contributed by atoms with Crippen molar-refractivity contribution in [3.05, 3.63) is 66.3 Å². The summed E-state index contributed by atoms with van der Waals surface area (Å²) in [7, 11) is 1.59. The van der Waals surface area contributed by atoms with Gasteiger partial charge in [0.15, 0.2) is 0 Å². The van der Waals surface area contributed by atoms with Gasteiger partial charge in [-0.25, -0.2) is 0 Å². The second kappa shape index (κ2) is 9.73. The number of carbonyl (C=O) groups is 1. The van der Waals surface area contributed by atoms with Crippen LogP contribution in [0, 0.1) is 0 Å². The molecular formula is C25H33N3O2. The lowest BCUT2D eigenvalue weighted by Crippen LogP contribution is -2.56. The normalized spacial score (nSPS) is 21.2. The van der Waals surface area contributed by atoms with Gasteiger partial charge in [0.05, 0.1) is 0 Å². The van der Waals surface area contributed by atoms with E-state index in [1.807, 2.05) is 35.2 Å². The van der Waals surface area contributed by atoms with Crippen molar-refractivity contribution in [2.45, 2.75) is 24.8 Å². The predicted molar refractivity (Wildman–Crippen MR) is 122 cm³/mol. The van der Waals surface area contributed by atoms with E-state index in [9.17, 15) is 4.79 Å². The van der Waals surface area contributed by atoms with Gasteiger partial charge in [0.1, 0.15) is 6.61 Å². The Morgan fingerprint density at radius 1 is 1.10 bits per heavy atom. The van der Waals surface area contributed by atoms with Gasteiger partial charge in [-0.15, -0.1) is 0 Å². The number of hydrogen-bond acceptors (Lipinski definition) is 4. The fourth-order valence-corrected chi connectivity index (χ4v) is 4.51. The van der Waals surface area contributed by atoms with E-state index in [0.717, 1.165) is 64.2 Å². The quantitative estimate of drug-likeness (QED) is 0.663. The standard InChI is InChI=1S/C25H33N3O2/c1-30-20-24(29)28(23-11-7-4-8-12-23)21-25(13-14-25)27-17-15-26(16-18-27)19-22-9-5-2-3-6-10-22/h2,4-12H,3,13-21H2,1H3. The van der Waals surface area contributed by atoms with Gasteiger partial charge in [-0.1, -0.05) is 48.6 Å². The maximum atomic E-state index is 12.8. The molecule has 1 saturated carbocycles. The molecule has 2 fully saturated rings. The molecule has 0 radical (unpaired) electrons. The summed E-state index contributed by atoms with van der Waals surface area (Å²) in [4.78, 5) is 19.9. The minimum atomic E-state index is 0.0359. The highest BCUT2D eigenvalue weighted by Gasteiger charge is 2.50. The van der Waals surface area contributed by atoms with Crippen LogP contribution in [0.4, 0.5) is 5.69 Å². The smallest absolute Gasteiger partial charge is 0.253 e. The van der Waals surface area contributed by atoms with Crippen molar-refractivity contribution < 1.29 is 9.53 Å². The van der Waals surface area contributed by atoms with E-state index >= 15 is 0 Å². The number of hydrogen-bond donors (Lipinski definition) is 0. The summed E-state index contributed by atoms with van der Waals surface area (Å²) in [6.07, 6.45) is 14.4. The highest BCUT2D eigenvalue weighted by atomic mass is 16.5. The van der Waals surface area contributed by atoms with E-state index in [1.165, 1.54) is 5.57 Å². The second-order valence-electron chi connectivity index (χ2n) is 8.54. The number of para-hydroxylation sites is 1. The summed E-state index contributed by atoms with van der Waals surface area (Å²) in [5.41, 5.74) is 2.47. The first kappa shape index (κ1) is 21.0. The van der Waals surface area contributed by atoms with Crippen LogP contribution in [-0.4, -0.2) is 74.2 Å². The molecule has 4 rings (SSSR count). The lowest BCUT2D eigenvalue weighted by Gasteiger charge is -2.41. The SMILES string of the molecule is COCC(=O)N(CC1(N2CCN(CC3=CC=CCC=C3)CC2)CC1)c1ccccc1. The van der Waals surface area contributed by atoms with E-state index in [2.05, 4.69) is 40.2 Å². The lowest BCUT2D eigenvalue weighted by atomic mass is 10.1. The number of carbonyl (C=O) groups excluding carboxylic acids is 1. The summed E-state index contributed by atoms with van der Waals surface area (Å²) < 4.78 is 5.15. The molecule has 1 aliphatic heterocycles. The molecular weight excluding hydrogens is 374 g/mol. The lowest BCUT2D eigenvalue weighted by molar-refractivity contribution is -0.122. The molecule has 160 valence electrons. The third kappa shape index (κ3) is 5.09. The largest absolute Gasteiger partial charge is 0.375 e. The average Bonchev–Trinajstić information content (AvgIpc) is 3.59. The average molecular weight is 408 g/mol. The molecule has 2 aliphatic carbocycles. The molecule has 0 unspecified atom stereocenters. The number of anilines is 1. The molecule has 1 aromatic rings. The van der Waals surface area contributed by atoms with Gasteiger partial charge in [0, 0.05) is 57.6 Å². The van der Waals surface area contributed by atoms with Crippen LogP contribution in [0.15, 0.2) is 66.3 Å². The van der Waals surface area contributed by atoms with Gasteiger partial charge in [0.25, 0.3) is 5.91 Å². The van der Waals surface area contributed by atoms with Gasteiger partial charge in [-0.2, -0.15) is 0 Å². The zero-order valence-corrected chi connectivity index (χ0v) is 18.0. The molecule has 1 amide bonds. The van der Waals surface area contributed by atoms with Crippen LogP contribution in [0.3, 0.4) is 0 Å². The summed E-state index contributed by atoms with van der Waals surface area (Å²) in [5, 5.41) is 0. The first-order chi connectivity index (χ1) is 14.7. The van der Waals surface area contributed by atoms with E-state index in [0.29, 0.717) is 0 Å². The molecule has 0 spiro atoms. The van der Waals surface area contributed by atoms with Crippen LogP contribution >= 0.6 is 0 Å². The number of amides is 1. The minimum absolute atomic E-state index is 0.0359. The van der Waals surface area contributed by atoms with Gasteiger partial charge < -0.3 is 9.64 Å².